The molecule has 170 valence electrons. The number of nitro groups is 1. The Bertz CT molecular complexity index is 1120. The Morgan fingerprint density at radius 3 is 2.59 bits per heavy atom. The number of fused-ring (bicyclic) bond motifs is 1. The van der Waals surface area contributed by atoms with Crippen molar-refractivity contribution in [1.29, 1.82) is 0 Å². The molecule has 8 nitrogen and oxygen atoms in total. The van der Waals surface area contributed by atoms with Crippen molar-refractivity contribution >= 4 is 30.9 Å². The third kappa shape index (κ3) is 5.44. The van der Waals surface area contributed by atoms with Crippen molar-refractivity contribution in [1.82, 2.24) is 19.4 Å². The molecule has 0 radical (unpaired) electrons. The van der Waals surface area contributed by atoms with Crippen molar-refractivity contribution in [3.63, 3.8) is 0 Å². The van der Waals surface area contributed by atoms with E-state index in [4.69, 9.17) is 16.6 Å². The zero-order valence-electron chi connectivity index (χ0n) is 17.3. The summed E-state index contributed by atoms with van der Waals surface area (Å²) in [4.78, 5) is 20.8. The van der Waals surface area contributed by atoms with E-state index in [1.807, 2.05) is 12.1 Å². The molecule has 4 rings (SSSR count). The second-order valence-electron chi connectivity index (χ2n) is 8.02. The summed E-state index contributed by atoms with van der Waals surface area (Å²) in [7, 11) is 0. The number of β-amino-alcohol motifs (C(OH)–C–C–N with tert-alkyl or cyclic N) is 1. The minimum Gasteiger partial charge on any atom is -0.387 e. The number of hydrogen-bond acceptors (Lipinski definition) is 6. The molecule has 2 aromatic heterocycles. The molecule has 0 bridgehead atoms. The summed E-state index contributed by atoms with van der Waals surface area (Å²) in [6.07, 6.45) is 1.95. The van der Waals surface area contributed by atoms with Crippen molar-refractivity contribution in [3.05, 3.63) is 75.1 Å². The quantitative estimate of drug-likeness (QED) is 0.429. The smallest absolute Gasteiger partial charge is 0.383 e. The first-order valence-electron chi connectivity index (χ1n) is 9.77. The maximum atomic E-state index is 13.2. The molecule has 1 aromatic carbocycles. The van der Waals surface area contributed by atoms with Gasteiger partial charge < -0.3 is 15.2 Å². The first kappa shape index (κ1) is 24.1. The highest BCUT2D eigenvalue weighted by molar-refractivity contribution is 7.59. The van der Waals surface area contributed by atoms with E-state index in [9.17, 15) is 19.6 Å². The van der Waals surface area contributed by atoms with Gasteiger partial charge in [-0.2, -0.15) is 13.5 Å². The molecule has 1 aliphatic heterocycles. The van der Waals surface area contributed by atoms with Crippen LogP contribution in [-0.4, -0.2) is 48.2 Å². The lowest BCUT2D eigenvalue weighted by Gasteiger charge is -2.34. The molecular formula is C21H23ClFN5O3S. The zero-order valence-corrected chi connectivity index (χ0v) is 19.1. The van der Waals surface area contributed by atoms with Crippen LogP contribution in [0, 0.1) is 15.9 Å². The van der Waals surface area contributed by atoms with Crippen LogP contribution in [0.3, 0.4) is 0 Å². The fourth-order valence-electron chi connectivity index (χ4n) is 3.87. The van der Waals surface area contributed by atoms with E-state index in [-0.39, 0.29) is 37.0 Å². The number of hydrogen-bond donors (Lipinski definition) is 1. The van der Waals surface area contributed by atoms with Gasteiger partial charge in [0.1, 0.15) is 12.0 Å². The molecule has 3 heterocycles. The van der Waals surface area contributed by atoms with Crippen LogP contribution < -0.4 is 0 Å². The third-order valence-electron chi connectivity index (χ3n) is 5.24. The minimum absolute atomic E-state index is 0. The van der Waals surface area contributed by atoms with Gasteiger partial charge in [-0.05, 0) is 64.3 Å². The molecule has 1 N–H and O–H groups in total. The van der Waals surface area contributed by atoms with Gasteiger partial charge in [-0.25, -0.2) is 4.39 Å². The van der Waals surface area contributed by atoms with Gasteiger partial charge in [0.15, 0.2) is 0 Å². The molecule has 0 spiro atoms. The topological polar surface area (TPSA) is 97.3 Å². The van der Waals surface area contributed by atoms with Crippen LogP contribution in [0.15, 0.2) is 42.6 Å². The summed E-state index contributed by atoms with van der Waals surface area (Å²) in [5.74, 6) is -0.633. The maximum Gasteiger partial charge on any atom is 0.383 e. The van der Waals surface area contributed by atoms with Crippen molar-refractivity contribution < 1.29 is 14.4 Å². The summed E-state index contributed by atoms with van der Waals surface area (Å²) in [6, 6.07) is 10.2. The Balaban J connectivity index is 0.00000289. The van der Waals surface area contributed by atoms with E-state index in [2.05, 4.69) is 9.88 Å². The van der Waals surface area contributed by atoms with Gasteiger partial charge in [0, 0.05) is 37.3 Å². The van der Waals surface area contributed by atoms with Gasteiger partial charge in [0.05, 0.1) is 17.8 Å². The van der Waals surface area contributed by atoms with Crippen LogP contribution in [0.2, 0.25) is 5.28 Å². The number of rotatable bonds is 6. The van der Waals surface area contributed by atoms with Crippen LogP contribution in [0.4, 0.5) is 10.2 Å². The number of aliphatic hydroxyl groups is 1. The summed E-state index contributed by atoms with van der Waals surface area (Å²) in [6.45, 7) is 3.44. The van der Waals surface area contributed by atoms with E-state index in [1.165, 1.54) is 22.9 Å². The molecular weight excluding hydrogens is 457 g/mol. The first-order chi connectivity index (χ1) is 14.7. The van der Waals surface area contributed by atoms with Gasteiger partial charge in [0.2, 0.25) is 0 Å². The Kier molecular flexibility index (Phi) is 7.19. The van der Waals surface area contributed by atoms with Crippen molar-refractivity contribution in [3.8, 4) is 11.3 Å². The Morgan fingerprint density at radius 1 is 1.22 bits per heavy atom. The first-order valence-corrected chi connectivity index (χ1v) is 10.1. The number of benzene rings is 1. The van der Waals surface area contributed by atoms with Crippen molar-refractivity contribution in [2.45, 2.75) is 32.0 Å². The Labute approximate surface area is 196 Å². The molecule has 1 aliphatic rings. The molecule has 32 heavy (non-hydrogen) atoms. The molecule has 3 aromatic rings. The number of halogens is 2. The molecule has 0 saturated heterocycles. The predicted molar refractivity (Wildman–Crippen MR) is 124 cm³/mol. The molecule has 0 unspecified atom stereocenters. The van der Waals surface area contributed by atoms with Crippen molar-refractivity contribution in [2.75, 3.05) is 13.1 Å². The Morgan fingerprint density at radius 2 is 1.94 bits per heavy atom. The second-order valence-corrected chi connectivity index (χ2v) is 8.36. The minimum atomic E-state index is -1.17. The molecule has 0 amide bonds. The van der Waals surface area contributed by atoms with E-state index >= 15 is 0 Å². The normalized spacial score (nSPS) is 15.5. The maximum absolute atomic E-state index is 13.2. The van der Waals surface area contributed by atoms with E-state index in [0.717, 1.165) is 28.9 Å². The molecule has 0 aliphatic carbocycles. The molecule has 1 atom stereocenters. The summed E-state index contributed by atoms with van der Waals surface area (Å²) < 4.78 is 14.5. The fraction of sp³-hybridized carbons (Fsp3) is 0.333. The average Bonchev–Trinajstić information content (AvgIpc) is 3.08. The average molecular weight is 480 g/mol. The highest BCUT2D eigenvalue weighted by atomic mass is 35.5. The standard InChI is InChI=1S/C21H21ClFN5O3.H2S/c1-21(29,13-27-11-19(28(30)31)25-20(27)22)12-26-9-8-18-15(10-26)4-7-17(24-18)14-2-5-16(23)6-3-14;/h2-7,11,29H,8-10,12-13H2,1H3;1H2/t21-;/m0./s1. The van der Waals surface area contributed by atoms with Crippen LogP contribution >= 0.6 is 25.1 Å². The highest BCUT2D eigenvalue weighted by Gasteiger charge is 2.30. The summed E-state index contributed by atoms with van der Waals surface area (Å²) in [5.41, 5.74) is 2.56. The summed E-state index contributed by atoms with van der Waals surface area (Å²) >= 11 is 5.97. The fourth-order valence-corrected chi connectivity index (χ4v) is 4.06. The van der Waals surface area contributed by atoms with Gasteiger partial charge in [-0.3, -0.25) is 14.5 Å². The van der Waals surface area contributed by atoms with Crippen LogP contribution in [0.1, 0.15) is 18.2 Å². The predicted octanol–water partition coefficient (Wildman–Crippen LogP) is 3.57. The molecule has 0 saturated carbocycles. The van der Waals surface area contributed by atoms with Gasteiger partial charge >= 0.3 is 11.1 Å². The Hall–Kier alpha value is -2.53. The number of aromatic nitrogens is 3. The molecule has 0 fully saturated rings. The van der Waals surface area contributed by atoms with E-state index in [0.29, 0.717) is 19.6 Å². The van der Waals surface area contributed by atoms with Gasteiger partial charge in [-0.15, -0.1) is 0 Å². The monoisotopic (exact) mass is 479 g/mol. The van der Waals surface area contributed by atoms with E-state index < -0.39 is 10.5 Å². The SMILES string of the molecule is C[C@](O)(CN1CCc2nc(-c3ccc(F)cc3)ccc2C1)Cn1cc([N+](=O)[O-])nc1Cl.S. The van der Waals surface area contributed by atoms with Crippen molar-refractivity contribution in [2.24, 2.45) is 0 Å². The van der Waals surface area contributed by atoms with Crippen LogP contribution in [0.25, 0.3) is 11.3 Å². The van der Waals surface area contributed by atoms with E-state index in [1.54, 1.807) is 19.1 Å². The highest BCUT2D eigenvalue weighted by Crippen LogP contribution is 2.25. The second kappa shape index (κ2) is 9.53. The molecule has 11 heteroatoms. The summed E-state index contributed by atoms with van der Waals surface area (Å²) in [5, 5.41) is 21.7. The lowest BCUT2D eigenvalue weighted by Crippen LogP contribution is -2.45. The van der Waals surface area contributed by atoms with Crippen LogP contribution in [-0.2, 0) is 19.5 Å². The van der Waals surface area contributed by atoms with Gasteiger partial charge in [-0.1, -0.05) is 6.07 Å². The number of pyridine rings is 1. The lowest BCUT2D eigenvalue weighted by atomic mass is 10.00. The largest absolute Gasteiger partial charge is 0.387 e. The number of imidazole rings is 1. The number of nitrogens with zero attached hydrogens (tertiary/aromatic N) is 5. The van der Waals surface area contributed by atoms with Crippen LogP contribution in [0.5, 0.6) is 0 Å². The zero-order chi connectivity index (χ0) is 22.2. The lowest BCUT2D eigenvalue weighted by molar-refractivity contribution is -0.389. The third-order valence-corrected chi connectivity index (χ3v) is 5.55. The van der Waals surface area contributed by atoms with Gasteiger partial charge in [0.25, 0.3) is 0 Å².